The number of carbonyl (C=O) groups excluding carboxylic acids is 1. The molecule has 1 atom stereocenters. The molecular weight excluding hydrogens is 442 g/mol. The minimum absolute atomic E-state index is 0.318. The largest absolute Gasteiger partial charge is 0.457 e. The molecule has 1 saturated heterocycles. The highest BCUT2D eigenvalue weighted by Gasteiger charge is 2.15. The molecule has 7 nitrogen and oxygen atoms in total. The van der Waals surface area contributed by atoms with E-state index in [2.05, 4.69) is 10.5 Å². The lowest BCUT2D eigenvalue weighted by molar-refractivity contribution is -0.198. The third-order valence-corrected chi connectivity index (χ3v) is 5.69. The predicted molar refractivity (Wildman–Crippen MR) is 134 cm³/mol. The first-order valence-corrected chi connectivity index (χ1v) is 11.8. The van der Waals surface area contributed by atoms with Gasteiger partial charge in [0.2, 0.25) is 0 Å². The lowest BCUT2D eigenvalue weighted by Gasteiger charge is -2.21. The number of benzene rings is 3. The van der Waals surface area contributed by atoms with Crippen molar-refractivity contribution in [3.63, 3.8) is 0 Å². The van der Waals surface area contributed by atoms with Crippen molar-refractivity contribution >= 4 is 23.0 Å². The standard InChI is InChI=1S/C28H27N3O4/c32-27(31-35-28-8-4-5-17-33-28)16-13-20-9-11-21(12-10-20)18-26-29-24-15-14-23(19-25(24)30-26)34-22-6-2-1-3-7-22/h1-3,6-7,9-16,19,28H,4-5,8,17-18H2,(H,29,30)(H,31,32)/b16-13+. The number of fused-ring (bicyclic) bond motifs is 1. The molecule has 0 saturated carbocycles. The molecule has 0 aliphatic carbocycles. The predicted octanol–water partition coefficient (Wildman–Crippen LogP) is 5.53. The minimum Gasteiger partial charge on any atom is -0.457 e. The Morgan fingerprint density at radius 1 is 1.06 bits per heavy atom. The van der Waals surface area contributed by atoms with E-state index in [0.29, 0.717) is 13.0 Å². The molecule has 0 spiro atoms. The molecule has 1 aliphatic heterocycles. The number of ether oxygens (including phenoxy) is 2. The number of para-hydroxylation sites is 1. The molecular formula is C28H27N3O4. The fourth-order valence-electron chi connectivity index (χ4n) is 3.89. The number of hydrogen-bond acceptors (Lipinski definition) is 5. The van der Waals surface area contributed by atoms with E-state index >= 15 is 0 Å². The van der Waals surface area contributed by atoms with Gasteiger partial charge in [-0.1, -0.05) is 42.5 Å². The second-order valence-corrected chi connectivity index (χ2v) is 8.41. The molecule has 1 aromatic heterocycles. The van der Waals surface area contributed by atoms with E-state index in [9.17, 15) is 4.79 Å². The number of nitrogens with one attached hydrogen (secondary N) is 2. The van der Waals surface area contributed by atoms with Gasteiger partial charge in [-0.25, -0.2) is 15.3 Å². The molecule has 1 fully saturated rings. The number of rotatable bonds is 8. The Morgan fingerprint density at radius 2 is 1.91 bits per heavy atom. The van der Waals surface area contributed by atoms with Gasteiger partial charge in [-0.05, 0) is 54.3 Å². The van der Waals surface area contributed by atoms with Crippen molar-refractivity contribution < 1.29 is 19.1 Å². The molecule has 0 radical (unpaired) electrons. The van der Waals surface area contributed by atoms with Crippen LogP contribution in [0, 0.1) is 0 Å². The van der Waals surface area contributed by atoms with Crippen LogP contribution in [0.25, 0.3) is 17.1 Å². The zero-order valence-corrected chi connectivity index (χ0v) is 19.3. The van der Waals surface area contributed by atoms with Crippen LogP contribution in [0.1, 0.15) is 36.2 Å². The van der Waals surface area contributed by atoms with Crippen LogP contribution in [-0.4, -0.2) is 28.8 Å². The summed E-state index contributed by atoms with van der Waals surface area (Å²) in [5, 5.41) is 0. The van der Waals surface area contributed by atoms with Gasteiger partial charge >= 0.3 is 0 Å². The number of carbonyl (C=O) groups is 1. The van der Waals surface area contributed by atoms with Crippen LogP contribution in [0.2, 0.25) is 0 Å². The van der Waals surface area contributed by atoms with E-state index in [-0.39, 0.29) is 12.2 Å². The van der Waals surface area contributed by atoms with Crippen LogP contribution in [0.3, 0.4) is 0 Å². The van der Waals surface area contributed by atoms with Crippen molar-refractivity contribution in [3.8, 4) is 11.5 Å². The summed E-state index contributed by atoms with van der Waals surface area (Å²) >= 11 is 0. The molecule has 178 valence electrons. The Kier molecular flexibility index (Phi) is 7.17. The SMILES string of the molecule is O=C(/C=C/c1ccc(Cc2nc3ccc(Oc4ccccc4)cc3[nH]2)cc1)NOC1CCCCO1. The van der Waals surface area contributed by atoms with Crippen LogP contribution >= 0.6 is 0 Å². The summed E-state index contributed by atoms with van der Waals surface area (Å²) < 4.78 is 11.3. The van der Waals surface area contributed by atoms with E-state index < -0.39 is 0 Å². The summed E-state index contributed by atoms with van der Waals surface area (Å²) in [5.74, 6) is 2.11. The average molecular weight is 470 g/mol. The Morgan fingerprint density at radius 3 is 2.71 bits per heavy atom. The van der Waals surface area contributed by atoms with Gasteiger partial charge in [0.25, 0.3) is 5.91 Å². The van der Waals surface area contributed by atoms with Crippen LogP contribution in [0.5, 0.6) is 11.5 Å². The Bertz CT molecular complexity index is 1290. The Labute approximate surface area is 203 Å². The van der Waals surface area contributed by atoms with Gasteiger partial charge in [-0.15, -0.1) is 0 Å². The van der Waals surface area contributed by atoms with Crippen LogP contribution in [0.4, 0.5) is 0 Å². The first-order chi connectivity index (χ1) is 17.2. The maximum Gasteiger partial charge on any atom is 0.267 e. The molecule has 35 heavy (non-hydrogen) atoms. The van der Waals surface area contributed by atoms with Gasteiger partial charge in [-0.2, -0.15) is 0 Å². The third kappa shape index (κ3) is 6.35. The van der Waals surface area contributed by atoms with Crippen molar-refractivity contribution in [2.75, 3.05) is 6.61 Å². The summed E-state index contributed by atoms with van der Waals surface area (Å²) in [6.45, 7) is 0.667. The number of H-pyrrole nitrogens is 1. The van der Waals surface area contributed by atoms with Gasteiger partial charge in [0.15, 0.2) is 6.29 Å². The summed E-state index contributed by atoms with van der Waals surface area (Å²) in [6.07, 6.45) is 6.38. The van der Waals surface area contributed by atoms with Gasteiger partial charge in [-0.3, -0.25) is 4.79 Å². The molecule has 3 aromatic carbocycles. The summed E-state index contributed by atoms with van der Waals surface area (Å²) in [4.78, 5) is 25.3. The van der Waals surface area contributed by atoms with Crippen molar-refractivity contribution in [1.82, 2.24) is 15.4 Å². The Balaban J connectivity index is 1.16. The maximum absolute atomic E-state index is 12.0. The highest BCUT2D eigenvalue weighted by Crippen LogP contribution is 2.25. The smallest absolute Gasteiger partial charge is 0.267 e. The number of aromatic amines is 1. The molecule has 2 N–H and O–H groups in total. The van der Waals surface area contributed by atoms with E-state index in [1.165, 1.54) is 6.08 Å². The lowest BCUT2D eigenvalue weighted by Crippen LogP contribution is -2.32. The van der Waals surface area contributed by atoms with Crippen molar-refractivity contribution in [2.24, 2.45) is 0 Å². The van der Waals surface area contributed by atoms with Gasteiger partial charge < -0.3 is 14.5 Å². The van der Waals surface area contributed by atoms with Crippen LogP contribution in [-0.2, 0) is 20.8 Å². The average Bonchev–Trinajstić information content (AvgIpc) is 3.30. The number of imidazole rings is 1. The molecule has 4 aromatic rings. The molecule has 1 aliphatic rings. The molecule has 7 heteroatoms. The zero-order chi connectivity index (χ0) is 23.9. The second kappa shape index (κ2) is 11.0. The number of nitrogens with zero attached hydrogens (tertiary/aromatic N) is 1. The summed E-state index contributed by atoms with van der Waals surface area (Å²) in [7, 11) is 0. The lowest BCUT2D eigenvalue weighted by atomic mass is 10.1. The molecule has 1 unspecified atom stereocenters. The zero-order valence-electron chi connectivity index (χ0n) is 19.3. The highest BCUT2D eigenvalue weighted by atomic mass is 16.8. The summed E-state index contributed by atoms with van der Waals surface area (Å²) in [6, 6.07) is 23.5. The first-order valence-electron chi connectivity index (χ1n) is 11.8. The van der Waals surface area contributed by atoms with Gasteiger partial charge in [0.1, 0.15) is 17.3 Å². The third-order valence-electron chi connectivity index (χ3n) is 5.69. The van der Waals surface area contributed by atoms with Gasteiger partial charge in [0, 0.05) is 31.6 Å². The fourth-order valence-corrected chi connectivity index (χ4v) is 3.89. The quantitative estimate of drug-likeness (QED) is 0.262. The van der Waals surface area contributed by atoms with E-state index in [0.717, 1.165) is 58.7 Å². The van der Waals surface area contributed by atoms with Crippen molar-refractivity contribution in [2.45, 2.75) is 32.0 Å². The number of aromatic nitrogens is 2. The second-order valence-electron chi connectivity index (χ2n) is 8.41. The van der Waals surface area contributed by atoms with Crippen molar-refractivity contribution in [1.29, 1.82) is 0 Å². The first kappa shape index (κ1) is 22.8. The van der Waals surface area contributed by atoms with E-state index in [4.69, 9.17) is 19.3 Å². The maximum atomic E-state index is 12.0. The fraction of sp³-hybridized carbons (Fsp3) is 0.214. The minimum atomic E-state index is -0.360. The number of hydroxylamine groups is 1. The van der Waals surface area contributed by atoms with E-state index in [1.54, 1.807) is 6.08 Å². The summed E-state index contributed by atoms with van der Waals surface area (Å²) in [5.41, 5.74) is 6.29. The monoisotopic (exact) mass is 469 g/mol. The molecule has 5 rings (SSSR count). The normalized spacial score (nSPS) is 15.9. The number of amides is 1. The molecule has 2 heterocycles. The van der Waals surface area contributed by atoms with Crippen molar-refractivity contribution in [3.05, 3.63) is 95.8 Å². The molecule has 1 amide bonds. The number of hydrogen-bond donors (Lipinski definition) is 2. The Hall–Kier alpha value is -3.94. The highest BCUT2D eigenvalue weighted by molar-refractivity contribution is 5.90. The van der Waals surface area contributed by atoms with Crippen LogP contribution in [0.15, 0.2) is 78.9 Å². The molecule has 0 bridgehead atoms. The van der Waals surface area contributed by atoms with Gasteiger partial charge in [0.05, 0.1) is 11.0 Å². The van der Waals surface area contributed by atoms with Crippen LogP contribution < -0.4 is 10.2 Å². The van der Waals surface area contributed by atoms with E-state index in [1.807, 2.05) is 72.8 Å². The topological polar surface area (TPSA) is 85.5 Å².